The third-order valence-electron chi connectivity index (χ3n) is 5.18. The number of pyridine rings is 1. The van der Waals surface area contributed by atoms with Gasteiger partial charge in [-0.1, -0.05) is 26.0 Å². The Bertz CT molecular complexity index is 956. The van der Waals surface area contributed by atoms with Crippen LogP contribution in [0.4, 0.5) is 0 Å². The highest BCUT2D eigenvalue weighted by Crippen LogP contribution is 2.27. The zero-order valence-electron chi connectivity index (χ0n) is 16.9. The van der Waals surface area contributed by atoms with Gasteiger partial charge in [0, 0.05) is 36.8 Å². The zero-order chi connectivity index (χ0) is 19.6. The third kappa shape index (κ3) is 3.72. The number of rotatable bonds is 6. The van der Waals surface area contributed by atoms with Crippen molar-refractivity contribution in [3.63, 3.8) is 0 Å². The van der Waals surface area contributed by atoms with Crippen LogP contribution in [0.2, 0.25) is 0 Å². The maximum atomic E-state index is 13.5. The fraction of sp³-hybridized carbons (Fsp3) is 0.409. The number of hydrogen-bond donors (Lipinski definition) is 0. The average Bonchev–Trinajstić information content (AvgIpc) is 3.10. The molecule has 3 rings (SSSR count). The van der Waals surface area contributed by atoms with Gasteiger partial charge in [0.2, 0.25) is 0 Å². The summed E-state index contributed by atoms with van der Waals surface area (Å²) in [6.07, 6.45) is 5.62. The van der Waals surface area contributed by atoms with Crippen LogP contribution in [0, 0.1) is 6.92 Å². The molecular weight excluding hydrogens is 336 g/mol. The van der Waals surface area contributed by atoms with Crippen molar-refractivity contribution in [2.75, 3.05) is 6.54 Å². The number of benzene rings is 1. The standard InChI is InChI=1S/C22H28N4O/c1-6-17(7-2)26(8-3)22(27)19-12-20(16-13-23-25(5)14-16)24-21-11-15(4)9-10-18(19)21/h9-14,17H,6-8H2,1-5H3. The van der Waals surface area contributed by atoms with E-state index in [4.69, 9.17) is 4.98 Å². The lowest BCUT2D eigenvalue weighted by molar-refractivity contribution is 0.0682. The molecule has 0 unspecified atom stereocenters. The molecule has 5 heteroatoms. The van der Waals surface area contributed by atoms with Gasteiger partial charge >= 0.3 is 0 Å². The lowest BCUT2D eigenvalue weighted by atomic mass is 10.0. The van der Waals surface area contributed by atoms with E-state index in [1.165, 1.54) is 0 Å². The number of fused-ring (bicyclic) bond motifs is 1. The zero-order valence-corrected chi connectivity index (χ0v) is 16.9. The Balaban J connectivity index is 2.19. The van der Waals surface area contributed by atoms with Crippen molar-refractivity contribution < 1.29 is 4.79 Å². The number of hydrogen-bond acceptors (Lipinski definition) is 3. The summed E-state index contributed by atoms with van der Waals surface area (Å²) in [6, 6.07) is 8.26. The summed E-state index contributed by atoms with van der Waals surface area (Å²) in [6.45, 7) is 9.06. The summed E-state index contributed by atoms with van der Waals surface area (Å²) in [4.78, 5) is 20.3. The molecule has 0 atom stereocenters. The molecule has 2 heterocycles. The second kappa shape index (κ2) is 7.91. The minimum Gasteiger partial charge on any atom is -0.336 e. The predicted molar refractivity (Wildman–Crippen MR) is 110 cm³/mol. The number of carbonyl (C=O) groups excluding carboxylic acids is 1. The molecule has 0 aliphatic heterocycles. The third-order valence-corrected chi connectivity index (χ3v) is 5.18. The van der Waals surface area contributed by atoms with Crippen LogP contribution in [-0.4, -0.2) is 38.2 Å². The van der Waals surface area contributed by atoms with Gasteiger partial charge < -0.3 is 4.90 Å². The van der Waals surface area contributed by atoms with E-state index in [0.29, 0.717) is 12.1 Å². The minimum atomic E-state index is 0.0765. The van der Waals surface area contributed by atoms with E-state index in [9.17, 15) is 4.79 Å². The van der Waals surface area contributed by atoms with E-state index in [2.05, 4.69) is 18.9 Å². The highest BCUT2D eigenvalue weighted by molar-refractivity contribution is 6.07. The molecule has 0 aliphatic rings. The van der Waals surface area contributed by atoms with Crippen molar-refractivity contribution in [2.24, 2.45) is 7.05 Å². The average molecular weight is 364 g/mol. The van der Waals surface area contributed by atoms with Gasteiger partial charge in [-0.05, 0) is 44.4 Å². The molecule has 1 amide bonds. The van der Waals surface area contributed by atoms with E-state index >= 15 is 0 Å². The summed E-state index contributed by atoms with van der Waals surface area (Å²) < 4.78 is 1.75. The molecule has 0 bridgehead atoms. The number of nitrogens with zero attached hydrogens (tertiary/aromatic N) is 4. The molecule has 27 heavy (non-hydrogen) atoms. The first-order valence-electron chi connectivity index (χ1n) is 9.69. The monoisotopic (exact) mass is 364 g/mol. The molecule has 3 aromatic rings. The SMILES string of the molecule is CCC(CC)N(CC)C(=O)c1cc(-c2cnn(C)c2)nc2cc(C)ccc12. The number of amides is 1. The molecule has 0 saturated heterocycles. The van der Waals surface area contributed by atoms with Gasteiger partial charge in [-0.25, -0.2) is 4.98 Å². The van der Waals surface area contributed by atoms with Gasteiger partial charge in [-0.15, -0.1) is 0 Å². The second-order valence-corrected chi connectivity index (χ2v) is 7.04. The van der Waals surface area contributed by atoms with Gasteiger partial charge in [-0.2, -0.15) is 5.10 Å². The van der Waals surface area contributed by atoms with Crippen LogP contribution in [0.25, 0.3) is 22.2 Å². The van der Waals surface area contributed by atoms with E-state index < -0.39 is 0 Å². The van der Waals surface area contributed by atoms with Crippen molar-refractivity contribution in [3.05, 3.63) is 47.8 Å². The molecule has 1 aromatic carbocycles. The first kappa shape index (κ1) is 19.1. The Morgan fingerprint density at radius 2 is 1.93 bits per heavy atom. The molecule has 142 valence electrons. The van der Waals surface area contributed by atoms with Crippen molar-refractivity contribution in [3.8, 4) is 11.3 Å². The molecule has 0 saturated carbocycles. The van der Waals surface area contributed by atoms with Gasteiger partial charge in [-0.3, -0.25) is 9.48 Å². The summed E-state index contributed by atoms with van der Waals surface area (Å²) in [5, 5.41) is 5.16. The smallest absolute Gasteiger partial charge is 0.254 e. The first-order chi connectivity index (χ1) is 13.0. The molecule has 0 N–H and O–H groups in total. The Labute approximate surface area is 161 Å². The highest BCUT2D eigenvalue weighted by Gasteiger charge is 2.23. The highest BCUT2D eigenvalue weighted by atomic mass is 16.2. The number of aromatic nitrogens is 3. The van der Waals surface area contributed by atoms with Gasteiger partial charge in [0.1, 0.15) is 0 Å². The van der Waals surface area contributed by atoms with Crippen molar-refractivity contribution in [2.45, 2.75) is 46.6 Å². The van der Waals surface area contributed by atoms with Crippen LogP contribution in [0.5, 0.6) is 0 Å². The van der Waals surface area contributed by atoms with E-state index in [-0.39, 0.29) is 11.9 Å². The maximum absolute atomic E-state index is 13.5. The fourth-order valence-electron chi connectivity index (χ4n) is 3.67. The fourth-order valence-corrected chi connectivity index (χ4v) is 3.67. The van der Waals surface area contributed by atoms with Crippen LogP contribution < -0.4 is 0 Å². The summed E-state index contributed by atoms with van der Waals surface area (Å²) in [7, 11) is 1.88. The number of aryl methyl sites for hydroxylation is 2. The van der Waals surface area contributed by atoms with Gasteiger partial charge in [0.05, 0.1) is 23.0 Å². The molecule has 0 radical (unpaired) electrons. The van der Waals surface area contributed by atoms with Gasteiger partial charge in [0.25, 0.3) is 5.91 Å². The van der Waals surface area contributed by atoms with Crippen molar-refractivity contribution in [1.82, 2.24) is 19.7 Å². The lowest BCUT2D eigenvalue weighted by Gasteiger charge is -2.30. The summed E-state index contributed by atoms with van der Waals surface area (Å²) in [5.41, 5.74) is 4.39. The van der Waals surface area contributed by atoms with Crippen molar-refractivity contribution >= 4 is 16.8 Å². The van der Waals surface area contributed by atoms with Crippen LogP contribution >= 0.6 is 0 Å². The maximum Gasteiger partial charge on any atom is 0.254 e. The molecule has 0 aliphatic carbocycles. The van der Waals surface area contributed by atoms with Crippen LogP contribution in [0.3, 0.4) is 0 Å². The van der Waals surface area contributed by atoms with Crippen LogP contribution in [0.1, 0.15) is 49.5 Å². The quantitative estimate of drug-likeness (QED) is 0.642. The first-order valence-corrected chi connectivity index (χ1v) is 9.69. The van der Waals surface area contributed by atoms with E-state index in [0.717, 1.165) is 40.6 Å². The summed E-state index contributed by atoms with van der Waals surface area (Å²) in [5.74, 6) is 0.0765. The van der Waals surface area contributed by atoms with Crippen LogP contribution in [-0.2, 0) is 7.05 Å². The lowest BCUT2D eigenvalue weighted by Crippen LogP contribution is -2.39. The molecule has 2 aromatic heterocycles. The number of carbonyl (C=O) groups is 1. The molecule has 0 spiro atoms. The van der Waals surface area contributed by atoms with Crippen molar-refractivity contribution in [1.29, 1.82) is 0 Å². The van der Waals surface area contributed by atoms with Crippen LogP contribution in [0.15, 0.2) is 36.7 Å². The molecule has 0 fully saturated rings. The normalized spacial score (nSPS) is 11.3. The Morgan fingerprint density at radius 3 is 2.52 bits per heavy atom. The van der Waals surface area contributed by atoms with Gasteiger partial charge in [0.15, 0.2) is 0 Å². The van der Waals surface area contributed by atoms with E-state index in [1.54, 1.807) is 10.9 Å². The Morgan fingerprint density at radius 1 is 1.19 bits per heavy atom. The Kier molecular flexibility index (Phi) is 5.59. The molecule has 5 nitrogen and oxygen atoms in total. The largest absolute Gasteiger partial charge is 0.336 e. The topological polar surface area (TPSA) is 51.0 Å². The van der Waals surface area contributed by atoms with E-state index in [1.807, 2.05) is 56.3 Å². The summed E-state index contributed by atoms with van der Waals surface area (Å²) >= 11 is 0. The minimum absolute atomic E-state index is 0.0765. The molecular formula is C22H28N4O. The predicted octanol–water partition coefficient (Wildman–Crippen LogP) is 4.59. The Hall–Kier alpha value is -2.69. The second-order valence-electron chi connectivity index (χ2n) is 7.04.